The number of aromatic nitrogens is 8. The topological polar surface area (TPSA) is 246 Å². The lowest BCUT2D eigenvalue weighted by atomic mass is 9.94. The summed E-state index contributed by atoms with van der Waals surface area (Å²) in [5.41, 5.74) is 18.9. The molecule has 7 heterocycles. The number of nitrogens with zero attached hydrogens (tertiary/aromatic N) is 10. The number of thiocarbonyl (C=S) groups is 1. The van der Waals surface area contributed by atoms with E-state index in [1.54, 1.807) is 49.3 Å². The van der Waals surface area contributed by atoms with Crippen molar-refractivity contribution in [2.75, 3.05) is 45.2 Å². The van der Waals surface area contributed by atoms with Crippen molar-refractivity contribution in [3.8, 4) is 17.2 Å². The van der Waals surface area contributed by atoms with Crippen LogP contribution < -0.4 is 31.1 Å². The summed E-state index contributed by atoms with van der Waals surface area (Å²) in [7, 11) is 1.66. The molecule has 3 amide bonds. The van der Waals surface area contributed by atoms with Gasteiger partial charge in [-0.2, -0.15) is 15.2 Å². The minimum Gasteiger partial charge on any atom is -0.497 e. The first kappa shape index (κ1) is 93.1. The van der Waals surface area contributed by atoms with Gasteiger partial charge in [0, 0.05) is 132 Å². The van der Waals surface area contributed by atoms with Crippen molar-refractivity contribution >= 4 is 130 Å². The van der Waals surface area contributed by atoms with Crippen LogP contribution >= 0.6 is 46.8 Å². The van der Waals surface area contributed by atoms with Gasteiger partial charge >= 0.3 is 11.7 Å². The van der Waals surface area contributed by atoms with Crippen LogP contribution in [0.4, 0.5) is 11.5 Å². The van der Waals surface area contributed by atoms with Gasteiger partial charge in [0.1, 0.15) is 28.5 Å². The molecule has 652 valence electrons. The molecule has 4 N–H and O–H groups in total. The number of hydrogen-bond acceptors (Lipinski definition) is 17. The molecule has 2 aliphatic rings. The number of ether oxygens (including phenoxy) is 2. The van der Waals surface area contributed by atoms with Crippen LogP contribution in [0.5, 0.6) is 11.5 Å². The quantitative estimate of drug-likeness (QED) is 0.0180. The van der Waals surface area contributed by atoms with Crippen molar-refractivity contribution in [2.45, 2.75) is 159 Å². The predicted octanol–water partition coefficient (Wildman–Crippen LogP) is 21.1. The Hall–Kier alpha value is -12.1. The molecule has 21 nitrogen and oxygen atoms in total. The number of thiophene rings is 1. The maximum Gasteiger partial charge on any atom is 0.353 e. The lowest BCUT2D eigenvalue weighted by Crippen LogP contribution is -2.42. The number of hydrogen-bond donors (Lipinski definition) is 4. The zero-order valence-electron chi connectivity index (χ0n) is 73.5. The van der Waals surface area contributed by atoms with Gasteiger partial charge < -0.3 is 49.5 Å². The molecule has 0 spiro atoms. The van der Waals surface area contributed by atoms with Gasteiger partial charge in [0.15, 0.2) is 0 Å². The summed E-state index contributed by atoms with van der Waals surface area (Å²) in [5, 5.41) is 37.1. The van der Waals surface area contributed by atoms with E-state index in [9.17, 15) is 29.1 Å². The lowest BCUT2D eigenvalue weighted by molar-refractivity contribution is -0.121. The first-order valence-electron chi connectivity index (χ1n) is 42.7. The van der Waals surface area contributed by atoms with Gasteiger partial charge in [-0.05, 0) is 269 Å². The van der Waals surface area contributed by atoms with Crippen LogP contribution in [0.3, 0.4) is 0 Å². The number of methoxy groups -OCH3 is 1. The van der Waals surface area contributed by atoms with Gasteiger partial charge in [-0.3, -0.25) is 19.0 Å². The zero-order valence-corrected chi connectivity index (χ0v) is 76.7. The van der Waals surface area contributed by atoms with Crippen molar-refractivity contribution in [3.63, 3.8) is 0 Å². The number of nitrogens with one attached hydrogen (secondary N) is 3. The summed E-state index contributed by atoms with van der Waals surface area (Å²) in [6, 6.07) is 61.7. The van der Waals surface area contributed by atoms with E-state index in [4.69, 9.17) is 44.9 Å². The lowest BCUT2D eigenvalue weighted by Gasteiger charge is -2.30. The number of carbonyl (C=O) groups excluding carboxylic acids is 4. The molecule has 0 fully saturated rings. The fourth-order valence-corrected chi connectivity index (χ4v) is 17.2. The van der Waals surface area contributed by atoms with Gasteiger partial charge in [0.25, 0.3) is 11.8 Å². The molecule has 0 saturated heterocycles. The Labute approximate surface area is 755 Å². The minimum absolute atomic E-state index is 0.0360. The average molecular weight is 1770 g/mol. The van der Waals surface area contributed by atoms with Crippen molar-refractivity contribution in [3.05, 3.63) is 316 Å². The van der Waals surface area contributed by atoms with Gasteiger partial charge in [-0.1, -0.05) is 134 Å². The van der Waals surface area contributed by atoms with Crippen LogP contribution in [-0.4, -0.2) is 128 Å². The summed E-state index contributed by atoms with van der Waals surface area (Å²) in [6.45, 7) is 27.1. The van der Waals surface area contributed by atoms with Crippen molar-refractivity contribution in [1.29, 1.82) is 0 Å². The number of esters is 1. The molecule has 25 heteroatoms. The van der Waals surface area contributed by atoms with Crippen molar-refractivity contribution < 1.29 is 33.8 Å². The van der Waals surface area contributed by atoms with E-state index in [1.165, 1.54) is 85.2 Å². The van der Waals surface area contributed by atoms with Crippen LogP contribution in [0.25, 0.3) is 49.2 Å². The molecule has 2 atom stereocenters. The van der Waals surface area contributed by atoms with E-state index in [0.29, 0.717) is 80.8 Å². The van der Waals surface area contributed by atoms with Gasteiger partial charge in [-0.25, -0.2) is 19.6 Å². The number of amides is 3. The largest absolute Gasteiger partial charge is 0.497 e. The Kier molecular flexibility index (Phi) is 32.6. The summed E-state index contributed by atoms with van der Waals surface area (Å²) >= 11 is 19.3. The van der Waals surface area contributed by atoms with E-state index in [0.717, 1.165) is 124 Å². The summed E-state index contributed by atoms with van der Waals surface area (Å²) in [4.78, 5) is 79.5. The first-order chi connectivity index (χ1) is 60.8. The highest BCUT2D eigenvalue weighted by atomic mass is 35.5. The van der Waals surface area contributed by atoms with Gasteiger partial charge in [0.05, 0.1) is 54.2 Å². The highest BCUT2D eigenvalue weighted by Crippen LogP contribution is 2.36. The van der Waals surface area contributed by atoms with Crippen molar-refractivity contribution in [2.24, 2.45) is 0 Å². The van der Waals surface area contributed by atoms with E-state index in [1.807, 2.05) is 183 Å². The number of para-hydroxylation sites is 1. The SMILES string of the molecule is CCN(CC)CCNC(=O)c1ccc2c(c1)CC(=S)N(CCC1=CCCCC1)C2=O.COc1ccc(CCCC(=O)NC(C)c2ccccc2)cc1.Cc1cc(C)n(CC(O)Cn2c3ccc(Cl)cc3c3cc(Cl)ccc32)c(=O)n1.Cc1ccc(-n2c(C)c3c(C)nnc(C)c3c2C)cc1C.O=C(Oc1cccc(Nc2ncnc3ccccc23)c1)c1cccs1. The monoisotopic (exact) mass is 1770 g/mol. The maximum absolute atomic E-state index is 13.0. The molecule has 126 heavy (non-hydrogen) atoms. The number of aliphatic hydroxyl groups is 1. The molecule has 0 radical (unpaired) electrons. The fourth-order valence-electron chi connectivity index (χ4n) is 15.9. The third-order valence-corrected chi connectivity index (χ3v) is 24.5. The second kappa shape index (κ2) is 44.2. The predicted molar refractivity (Wildman–Crippen MR) is 513 cm³/mol. The van der Waals surface area contributed by atoms with E-state index < -0.39 is 6.10 Å². The van der Waals surface area contributed by atoms with E-state index in [2.05, 4.69) is 116 Å². The van der Waals surface area contributed by atoms with Gasteiger partial charge in [-0.15, -0.1) is 11.3 Å². The molecule has 0 bridgehead atoms. The molecular weight excluding hydrogens is 1660 g/mol. The second-order valence-corrected chi connectivity index (χ2v) is 33.9. The third-order valence-electron chi connectivity index (χ3n) is 22.8. The number of aliphatic hydroxyl groups excluding tert-OH is 1. The minimum atomic E-state index is -0.772. The molecule has 8 aromatic carbocycles. The normalized spacial score (nSPS) is 12.8. The second-order valence-electron chi connectivity index (χ2n) is 31.6. The molecule has 1 aliphatic heterocycles. The first-order valence-corrected chi connectivity index (χ1v) is 44.8. The highest BCUT2D eigenvalue weighted by molar-refractivity contribution is 7.80. The van der Waals surface area contributed by atoms with Crippen LogP contribution in [0, 0.1) is 55.4 Å². The van der Waals surface area contributed by atoms with E-state index >= 15 is 0 Å². The Morgan fingerprint density at radius 1 is 0.683 bits per heavy atom. The molecule has 6 aromatic heterocycles. The zero-order chi connectivity index (χ0) is 89.7. The number of allylic oxidation sites excluding steroid dienone is 1. The Morgan fingerprint density at radius 3 is 2.02 bits per heavy atom. The standard InChI is InChI=1S/C24H33N3O2S.C21H19Cl2N3O2.C19H13N3O2S.C19H23NO2.C18H21N3/c1-3-26(4-2)15-13-25-23(28)19-10-11-21-20(16-19)17-22(30)27(24(21)29)14-12-18-8-6-5-7-9-18;1-12-7-13(2)25(21(28)24-12)10-16(27)11-26-19-5-3-14(22)8-17(19)18-9-15(23)4-6-20(18)26;23-19(17-9-4-10-25-17)24-14-6-3-5-13(11-14)22-18-15-7-1-2-8-16(15)20-12-21-18;1-15(17-8-4-3-5-9-17)20-19(21)10-6-7-16-11-13-18(22-2)14-12-16;1-10-7-8-16(9-11(10)2)21-14(5)17-12(3)19-20-13(4)18(17)15(21)6/h8,10-11,16H,3-7,9,12-15,17H2,1-2H3,(H,25,28);3-9,16,27H,10-11H2,1-2H3;1-12H,(H,20,21,22);3-5,8-9,11-15H,6-7,10H2,1-2H3,(H,20,21);7-9H,1-6H3. The molecule has 1 aliphatic carbocycles. The smallest absolute Gasteiger partial charge is 0.353 e. The van der Waals surface area contributed by atoms with Crippen LogP contribution in [0.15, 0.2) is 222 Å². The number of benzene rings is 8. The number of aryl methyl sites for hydroxylation is 9. The number of anilines is 2. The molecule has 0 saturated carbocycles. The molecule has 14 aromatic rings. The number of rotatable bonds is 25. The summed E-state index contributed by atoms with van der Waals surface area (Å²) in [5.74, 6) is 1.64. The molecular formula is C101H109Cl2N13O8S2. The van der Waals surface area contributed by atoms with Crippen LogP contribution in [-0.2, 0) is 30.7 Å². The van der Waals surface area contributed by atoms with Crippen molar-refractivity contribution in [1.82, 2.24) is 59.3 Å². The van der Waals surface area contributed by atoms with Crippen LogP contribution in [0.2, 0.25) is 10.0 Å². The maximum atomic E-state index is 13.0. The third kappa shape index (κ3) is 23.9. The summed E-state index contributed by atoms with van der Waals surface area (Å²) < 4.78 is 16.4. The van der Waals surface area contributed by atoms with E-state index in [-0.39, 0.29) is 42.0 Å². The Balaban J connectivity index is 0.000000144. The van der Waals surface area contributed by atoms with Gasteiger partial charge in [0.2, 0.25) is 5.91 Å². The summed E-state index contributed by atoms with van der Waals surface area (Å²) in [6.07, 6.45) is 11.6. The number of halogens is 2. The van der Waals surface area contributed by atoms with Crippen LogP contribution in [0.1, 0.15) is 164 Å². The fraction of sp³-hybridized carbons (Fsp3) is 0.297. The Morgan fingerprint density at radius 2 is 1.37 bits per heavy atom. The number of carbonyl (C=O) groups is 4. The average Bonchev–Trinajstić information content (AvgIpc) is 1.60. The highest BCUT2D eigenvalue weighted by Gasteiger charge is 2.30. The molecule has 16 rings (SSSR count). The number of likely N-dealkylation sites (N-methyl/N-ethyl adjacent to an activating group) is 1. The number of fused-ring (bicyclic) bond motifs is 6. The molecule has 2 unspecified atom stereocenters. The Bertz CT molecular complexity index is 6200.